The summed E-state index contributed by atoms with van der Waals surface area (Å²) >= 11 is 0. The van der Waals surface area contributed by atoms with Crippen LogP contribution in [0, 0.1) is 5.92 Å². The molecule has 0 amide bonds. The largest absolute Gasteiger partial charge is 0.257 e. The molecule has 1 saturated carbocycles. The van der Waals surface area contributed by atoms with Crippen LogP contribution in [0.3, 0.4) is 0 Å². The molecule has 1 aliphatic carbocycles. The summed E-state index contributed by atoms with van der Waals surface area (Å²) < 4.78 is 0. The van der Waals surface area contributed by atoms with Crippen molar-refractivity contribution >= 4 is 0 Å². The lowest BCUT2D eigenvalue weighted by atomic mass is 10.2. The number of azide groups is 1. The highest BCUT2D eigenvalue weighted by molar-refractivity contribution is 5.20. The molecular weight excluding hydrogens is 176 g/mol. The van der Waals surface area contributed by atoms with E-state index in [9.17, 15) is 0 Å². The number of rotatable bonds is 3. The molecule has 1 aliphatic rings. The van der Waals surface area contributed by atoms with Crippen LogP contribution in [-0.2, 0) is 6.54 Å². The van der Waals surface area contributed by atoms with E-state index in [0.717, 1.165) is 17.3 Å². The van der Waals surface area contributed by atoms with Crippen LogP contribution < -0.4 is 0 Å². The fraction of sp³-hybridized carbons (Fsp3) is 0.500. The van der Waals surface area contributed by atoms with Gasteiger partial charge in [0.05, 0.1) is 6.54 Å². The molecule has 1 aromatic heterocycles. The van der Waals surface area contributed by atoms with Crippen molar-refractivity contribution in [2.75, 3.05) is 0 Å². The zero-order valence-electron chi connectivity index (χ0n) is 8.09. The van der Waals surface area contributed by atoms with Gasteiger partial charge in [-0.25, -0.2) is 0 Å². The van der Waals surface area contributed by atoms with Crippen LogP contribution in [0.4, 0.5) is 0 Å². The molecule has 1 fully saturated rings. The van der Waals surface area contributed by atoms with Crippen molar-refractivity contribution in [1.82, 2.24) is 4.98 Å². The lowest BCUT2D eigenvalue weighted by molar-refractivity contribution is 0.860. The SMILES string of the molecule is CC1CC1c1cccc(CN=[N+]=[N-])n1. The molecule has 4 nitrogen and oxygen atoms in total. The summed E-state index contributed by atoms with van der Waals surface area (Å²) in [6.07, 6.45) is 1.23. The van der Waals surface area contributed by atoms with Crippen molar-refractivity contribution in [3.63, 3.8) is 0 Å². The Hall–Kier alpha value is -1.54. The number of hydrogen-bond donors (Lipinski definition) is 0. The van der Waals surface area contributed by atoms with Crippen LogP contribution in [0.15, 0.2) is 23.3 Å². The van der Waals surface area contributed by atoms with E-state index in [0.29, 0.717) is 12.5 Å². The molecule has 14 heavy (non-hydrogen) atoms. The van der Waals surface area contributed by atoms with E-state index in [1.165, 1.54) is 6.42 Å². The van der Waals surface area contributed by atoms with E-state index in [1.54, 1.807) is 0 Å². The first-order valence-corrected chi connectivity index (χ1v) is 4.78. The average Bonchev–Trinajstić information content (AvgIpc) is 2.93. The maximum absolute atomic E-state index is 8.19. The van der Waals surface area contributed by atoms with E-state index in [2.05, 4.69) is 21.9 Å². The van der Waals surface area contributed by atoms with Crippen LogP contribution in [0.1, 0.15) is 30.7 Å². The van der Waals surface area contributed by atoms with Gasteiger partial charge in [-0.1, -0.05) is 18.1 Å². The fourth-order valence-corrected chi connectivity index (χ4v) is 1.63. The predicted octanol–water partition coefficient (Wildman–Crippen LogP) is 3.02. The van der Waals surface area contributed by atoms with Crippen LogP contribution >= 0.6 is 0 Å². The predicted molar refractivity (Wildman–Crippen MR) is 53.6 cm³/mol. The maximum atomic E-state index is 8.19. The highest BCUT2D eigenvalue weighted by atomic mass is 15.1. The molecule has 0 bridgehead atoms. The molecule has 4 heteroatoms. The van der Waals surface area contributed by atoms with Gasteiger partial charge in [0.1, 0.15) is 0 Å². The molecular formula is C10H12N4. The number of nitrogens with zero attached hydrogens (tertiary/aromatic N) is 4. The standard InChI is InChI=1S/C10H12N4/c1-7-5-9(7)10-4-2-3-8(13-10)6-12-14-11/h2-4,7,9H,5-6H2,1H3. The highest BCUT2D eigenvalue weighted by Crippen LogP contribution is 2.45. The lowest BCUT2D eigenvalue weighted by Gasteiger charge is -2.00. The third kappa shape index (κ3) is 1.86. The van der Waals surface area contributed by atoms with Gasteiger partial charge in [0.2, 0.25) is 0 Å². The topological polar surface area (TPSA) is 61.7 Å². The van der Waals surface area contributed by atoms with E-state index < -0.39 is 0 Å². The summed E-state index contributed by atoms with van der Waals surface area (Å²) in [6.45, 7) is 2.58. The Morgan fingerprint density at radius 3 is 3.07 bits per heavy atom. The van der Waals surface area contributed by atoms with Crippen molar-refractivity contribution in [3.05, 3.63) is 40.0 Å². The number of hydrogen-bond acceptors (Lipinski definition) is 2. The van der Waals surface area contributed by atoms with Gasteiger partial charge in [-0.2, -0.15) is 0 Å². The average molecular weight is 188 g/mol. The minimum absolute atomic E-state index is 0.353. The highest BCUT2D eigenvalue weighted by Gasteiger charge is 2.34. The van der Waals surface area contributed by atoms with E-state index in [4.69, 9.17) is 5.53 Å². The molecule has 0 radical (unpaired) electrons. The zero-order chi connectivity index (χ0) is 9.97. The van der Waals surface area contributed by atoms with Gasteiger partial charge in [0.15, 0.2) is 0 Å². The van der Waals surface area contributed by atoms with Crippen LogP contribution in [0.5, 0.6) is 0 Å². The van der Waals surface area contributed by atoms with Gasteiger partial charge in [-0.3, -0.25) is 4.98 Å². The minimum atomic E-state index is 0.353. The Labute approximate surface area is 82.6 Å². The first kappa shape index (κ1) is 9.03. The quantitative estimate of drug-likeness (QED) is 0.408. The van der Waals surface area contributed by atoms with Gasteiger partial charge in [0.25, 0.3) is 0 Å². The van der Waals surface area contributed by atoms with Gasteiger partial charge >= 0.3 is 0 Å². The zero-order valence-corrected chi connectivity index (χ0v) is 8.09. The summed E-state index contributed by atoms with van der Waals surface area (Å²) in [7, 11) is 0. The van der Waals surface area contributed by atoms with Gasteiger partial charge in [-0.05, 0) is 30.0 Å². The first-order chi connectivity index (χ1) is 6.81. The maximum Gasteiger partial charge on any atom is 0.0684 e. The Kier molecular flexibility index (Phi) is 2.37. The normalized spacial score (nSPS) is 24.1. The van der Waals surface area contributed by atoms with Crippen molar-refractivity contribution in [1.29, 1.82) is 0 Å². The summed E-state index contributed by atoms with van der Waals surface area (Å²) in [5.41, 5.74) is 10.2. The Morgan fingerprint density at radius 1 is 1.64 bits per heavy atom. The molecule has 2 rings (SSSR count). The van der Waals surface area contributed by atoms with Crippen molar-refractivity contribution in [3.8, 4) is 0 Å². The third-order valence-corrected chi connectivity index (χ3v) is 2.61. The molecule has 0 spiro atoms. The summed E-state index contributed by atoms with van der Waals surface area (Å²) in [5.74, 6) is 1.39. The summed E-state index contributed by atoms with van der Waals surface area (Å²) in [6, 6.07) is 5.93. The Balaban J connectivity index is 2.14. The molecule has 0 N–H and O–H groups in total. The molecule has 2 atom stereocenters. The summed E-state index contributed by atoms with van der Waals surface area (Å²) in [5, 5.41) is 3.50. The molecule has 1 aromatic rings. The Bertz CT molecular complexity index is 381. The fourth-order valence-electron chi connectivity index (χ4n) is 1.63. The van der Waals surface area contributed by atoms with Gasteiger partial charge < -0.3 is 0 Å². The second kappa shape index (κ2) is 3.68. The van der Waals surface area contributed by atoms with Gasteiger partial charge in [-0.15, -0.1) is 0 Å². The third-order valence-electron chi connectivity index (χ3n) is 2.61. The molecule has 0 aromatic carbocycles. The van der Waals surface area contributed by atoms with Crippen LogP contribution in [0.25, 0.3) is 10.4 Å². The van der Waals surface area contributed by atoms with E-state index >= 15 is 0 Å². The molecule has 0 aliphatic heterocycles. The lowest BCUT2D eigenvalue weighted by Crippen LogP contribution is -1.92. The van der Waals surface area contributed by atoms with E-state index in [1.807, 2.05) is 18.2 Å². The number of pyridine rings is 1. The minimum Gasteiger partial charge on any atom is -0.257 e. The van der Waals surface area contributed by atoms with Crippen LogP contribution in [0.2, 0.25) is 0 Å². The van der Waals surface area contributed by atoms with Crippen molar-refractivity contribution in [2.24, 2.45) is 11.0 Å². The smallest absolute Gasteiger partial charge is 0.0684 e. The summed E-state index contributed by atoms with van der Waals surface area (Å²) in [4.78, 5) is 7.18. The van der Waals surface area contributed by atoms with Crippen LogP contribution in [-0.4, -0.2) is 4.98 Å². The molecule has 0 saturated heterocycles. The monoisotopic (exact) mass is 188 g/mol. The molecule has 2 unspecified atom stereocenters. The molecule has 72 valence electrons. The second-order valence-electron chi connectivity index (χ2n) is 3.76. The Morgan fingerprint density at radius 2 is 2.43 bits per heavy atom. The second-order valence-corrected chi connectivity index (χ2v) is 3.76. The van der Waals surface area contributed by atoms with Gasteiger partial charge in [0, 0.05) is 22.2 Å². The first-order valence-electron chi connectivity index (χ1n) is 4.78. The van der Waals surface area contributed by atoms with E-state index in [-0.39, 0.29) is 0 Å². The van der Waals surface area contributed by atoms with Crippen molar-refractivity contribution < 1.29 is 0 Å². The molecule has 1 heterocycles. The van der Waals surface area contributed by atoms with Crippen molar-refractivity contribution in [2.45, 2.75) is 25.8 Å². The number of aromatic nitrogens is 1.